The molecule has 1 aliphatic rings. The van der Waals surface area contributed by atoms with Crippen LogP contribution >= 0.6 is 0 Å². The highest BCUT2D eigenvalue weighted by molar-refractivity contribution is 5.03. The van der Waals surface area contributed by atoms with Crippen LogP contribution in [0.5, 0.6) is 0 Å². The molecule has 3 nitrogen and oxygen atoms in total. The first-order valence-electron chi connectivity index (χ1n) is 7.56. The predicted molar refractivity (Wildman–Crippen MR) is 76.1 cm³/mol. The molecule has 0 aliphatic carbocycles. The lowest BCUT2D eigenvalue weighted by Gasteiger charge is -2.32. The van der Waals surface area contributed by atoms with Crippen LogP contribution in [0.4, 0.5) is 0 Å². The van der Waals surface area contributed by atoms with Crippen molar-refractivity contribution in [2.24, 2.45) is 11.7 Å². The van der Waals surface area contributed by atoms with E-state index in [1.54, 1.807) is 0 Å². The predicted octanol–water partition coefficient (Wildman–Crippen LogP) is 2.91. The number of nitriles is 1. The lowest BCUT2D eigenvalue weighted by Crippen LogP contribution is -2.39. The standard InChI is InChI=1S/C15H29N3/c1-3-6-14-7-11-18(12-8-14)10-5-9-15(17,4-2)13-16/h14H,3-12,17H2,1-2H3. The molecule has 1 heterocycles. The van der Waals surface area contributed by atoms with E-state index in [0.717, 1.165) is 31.7 Å². The van der Waals surface area contributed by atoms with Crippen LogP contribution in [0, 0.1) is 17.2 Å². The molecule has 0 aromatic heterocycles. The molecule has 1 atom stereocenters. The van der Waals surface area contributed by atoms with Gasteiger partial charge in [-0.2, -0.15) is 5.26 Å². The zero-order valence-corrected chi connectivity index (χ0v) is 12.1. The SMILES string of the molecule is CCCC1CCN(CCCC(N)(C#N)CC)CC1. The van der Waals surface area contributed by atoms with Gasteiger partial charge in [-0.1, -0.05) is 26.7 Å². The van der Waals surface area contributed by atoms with Gasteiger partial charge < -0.3 is 10.6 Å². The van der Waals surface area contributed by atoms with Crippen molar-refractivity contribution in [2.45, 2.75) is 64.3 Å². The van der Waals surface area contributed by atoms with Crippen molar-refractivity contribution in [3.05, 3.63) is 0 Å². The van der Waals surface area contributed by atoms with Crippen molar-refractivity contribution >= 4 is 0 Å². The van der Waals surface area contributed by atoms with E-state index in [2.05, 4.69) is 17.9 Å². The Morgan fingerprint density at radius 2 is 2.00 bits per heavy atom. The summed E-state index contributed by atoms with van der Waals surface area (Å²) < 4.78 is 0. The average Bonchev–Trinajstić information content (AvgIpc) is 2.41. The van der Waals surface area contributed by atoms with Gasteiger partial charge in [0.15, 0.2) is 0 Å². The number of hydrogen-bond donors (Lipinski definition) is 1. The van der Waals surface area contributed by atoms with Crippen LogP contribution in [-0.4, -0.2) is 30.1 Å². The third-order valence-electron chi connectivity index (χ3n) is 4.35. The first kappa shape index (κ1) is 15.5. The highest BCUT2D eigenvalue weighted by Crippen LogP contribution is 2.22. The molecule has 0 radical (unpaired) electrons. The zero-order chi connectivity index (χ0) is 13.4. The number of nitrogens with zero attached hydrogens (tertiary/aromatic N) is 2. The maximum absolute atomic E-state index is 9.03. The molecular formula is C15H29N3. The molecule has 0 spiro atoms. The summed E-state index contributed by atoms with van der Waals surface area (Å²) in [6.07, 6.45) is 8.05. The summed E-state index contributed by atoms with van der Waals surface area (Å²) in [4.78, 5) is 2.54. The van der Waals surface area contributed by atoms with Crippen molar-refractivity contribution in [3.8, 4) is 6.07 Å². The Morgan fingerprint density at radius 3 is 2.50 bits per heavy atom. The largest absolute Gasteiger partial charge is 0.313 e. The van der Waals surface area contributed by atoms with Gasteiger partial charge in [0.25, 0.3) is 0 Å². The average molecular weight is 251 g/mol. The van der Waals surface area contributed by atoms with Crippen LogP contribution in [0.2, 0.25) is 0 Å². The fourth-order valence-electron chi connectivity index (χ4n) is 2.84. The normalized spacial score (nSPS) is 21.4. The molecule has 104 valence electrons. The van der Waals surface area contributed by atoms with E-state index in [4.69, 9.17) is 11.0 Å². The first-order chi connectivity index (χ1) is 8.63. The maximum Gasteiger partial charge on any atom is 0.104 e. The molecule has 1 fully saturated rings. The van der Waals surface area contributed by atoms with E-state index in [-0.39, 0.29) is 0 Å². The van der Waals surface area contributed by atoms with Crippen LogP contribution < -0.4 is 5.73 Å². The van der Waals surface area contributed by atoms with Crippen molar-refractivity contribution in [2.75, 3.05) is 19.6 Å². The highest BCUT2D eigenvalue weighted by Gasteiger charge is 2.23. The van der Waals surface area contributed by atoms with E-state index in [1.807, 2.05) is 6.92 Å². The molecule has 0 bridgehead atoms. The van der Waals surface area contributed by atoms with Gasteiger partial charge in [-0.05, 0) is 57.7 Å². The monoisotopic (exact) mass is 251 g/mol. The quantitative estimate of drug-likeness (QED) is 0.757. The summed E-state index contributed by atoms with van der Waals surface area (Å²) >= 11 is 0. The van der Waals surface area contributed by atoms with Gasteiger partial charge >= 0.3 is 0 Å². The second-order valence-corrected chi connectivity index (χ2v) is 5.80. The molecule has 18 heavy (non-hydrogen) atoms. The molecule has 2 N–H and O–H groups in total. The second kappa shape index (κ2) is 7.76. The fourth-order valence-corrected chi connectivity index (χ4v) is 2.84. The van der Waals surface area contributed by atoms with E-state index in [0.29, 0.717) is 0 Å². The Balaban J connectivity index is 2.17. The smallest absolute Gasteiger partial charge is 0.104 e. The van der Waals surface area contributed by atoms with E-state index in [9.17, 15) is 0 Å². The zero-order valence-electron chi connectivity index (χ0n) is 12.1. The topological polar surface area (TPSA) is 53.0 Å². The summed E-state index contributed by atoms with van der Waals surface area (Å²) in [5, 5.41) is 9.03. The summed E-state index contributed by atoms with van der Waals surface area (Å²) in [5.74, 6) is 0.953. The van der Waals surface area contributed by atoms with Crippen molar-refractivity contribution in [3.63, 3.8) is 0 Å². The minimum absolute atomic E-state index is 0.597. The van der Waals surface area contributed by atoms with Crippen LogP contribution in [-0.2, 0) is 0 Å². The third kappa shape index (κ3) is 4.96. The maximum atomic E-state index is 9.03. The lowest BCUT2D eigenvalue weighted by atomic mass is 9.91. The number of hydrogen-bond acceptors (Lipinski definition) is 3. The Labute approximate surface area is 112 Å². The fraction of sp³-hybridized carbons (Fsp3) is 0.933. The summed E-state index contributed by atoms with van der Waals surface area (Å²) in [6.45, 7) is 7.86. The summed E-state index contributed by atoms with van der Waals surface area (Å²) in [6, 6.07) is 2.25. The van der Waals surface area contributed by atoms with Crippen LogP contribution in [0.3, 0.4) is 0 Å². The third-order valence-corrected chi connectivity index (χ3v) is 4.35. The summed E-state index contributed by atoms with van der Waals surface area (Å²) in [7, 11) is 0. The molecule has 1 rings (SSSR count). The summed E-state index contributed by atoms with van der Waals surface area (Å²) in [5.41, 5.74) is 5.40. The van der Waals surface area contributed by atoms with Gasteiger partial charge in [0.1, 0.15) is 5.54 Å². The van der Waals surface area contributed by atoms with E-state index >= 15 is 0 Å². The molecule has 1 saturated heterocycles. The first-order valence-corrected chi connectivity index (χ1v) is 7.56. The second-order valence-electron chi connectivity index (χ2n) is 5.80. The highest BCUT2D eigenvalue weighted by atomic mass is 15.1. The minimum atomic E-state index is -0.597. The molecule has 3 heteroatoms. The Morgan fingerprint density at radius 1 is 1.33 bits per heavy atom. The molecule has 0 amide bonds. The van der Waals surface area contributed by atoms with Crippen molar-refractivity contribution in [1.82, 2.24) is 4.90 Å². The Hall–Kier alpha value is -0.590. The Kier molecular flexibility index (Phi) is 6.67. The molecular weight excluding hydrogens is 222 g/mol. The number of rotatable bonds is 7. The van der Waals surface area contributed by atoms with Gasteiger partial charge in [0.05, 0.1) is 6.07 Å². The van der Waals surface area contributed by atoms with E-state index < -0.39 is 5.54 Å². The van der Waals surface area contributed by atoms with Crippen LogP contribution in [0.15, 0.2) is 0 Å². The van der Waals surface area contributed by atoms with Crippen LogP contribution in [0.25, 0.3) is 0 Å². The van der Waals surface area contributed by atoms with Gasteiger partial charge in [-0.25, -0.2) is 0 Å². The number of nitrogens with two attached hydrogens (primary N) is 1. The van der Waals surface area contributed by atoms with Gasteiger partial charge in [0.2, 0.25) is 0 Å². The molecule has 0 saturated carbocycles. The lowest BCUT2D eigenvalue weighted by molar-refractivity contribution is 0.173. The van der Waals surface area contributed by atoms with Crippen molar-refractivity contribution < 1.29 is 0 Å². The van der Waals surface area contributed by atoms with Crippen LogP contribution in [0.1, 0.15) is 58.8 Å². The van der Waals surface area contributed by atoms with E-state index in [1.165, 1.54) is 38.8 Å². The van der Waals surface area contributed by atoms with Crippen molar-refractivity contribution in [1.29, 1.82) is 5.26 Å². The molecule has 0 aromatic carbocycles. The minimum Gasteiger partial charge on any atom is -0.313 e. The van der Waals surface area contributed by atoms with Gasteiger partial charge in [0, 0.05) is 0 Å². The Bertz CT molecular complexity index is 263. The van der Waals surface area contributed by atoms with Gasteiger partial charge in [-0.3, -0.25) is 0 Å². The molecule has 1 aliphatic heterocycles. The van der Waals surface area contributed by atoms with Gasteiger partial charge in [-0.15, -0.1) is 0 Å². The molecule has 0 aromatic rings. The number of piperidine rings is 1. The number of likely N-dealkylation sites (tertiary alicyclic amines) is 1. The molecule has 1 unspecified atom stereocenters.